The third-order valence-electron chi connectivity index (χ3n) is 3.00. The Hall–Kier alpha value is -1.02. The van der Waals surface area contributed by atoms with E-state index in [1.165, 1.54) is 12.8 Å². The van der Waals surface area contributed by atoms with Crippen LogP contribution >= 0.6 is 11.6 Å². The zero-order valence-corrected chi connectivity index (χ0v) is 10.0. The summed E-state index contributed by atoms with van der Waals surface area (Å²) in [6.45, 7) is 1.73. The van der Waals surface area contributed by atoms with Gasteiger partial charge in [0.05, 0.1) is 10.6 Å². The lowest BCUT2D eigenvalue weighted by Crippen LogP contribution is -2.31. The fraction of sp³-hybridized carbons (Fsp3) is 0.462. The van der Waals surface area contributed by atoms with E-state index >= 15 is 0 Å². The molecular formula is C13H16ClNO. The molecule has 1 amide bonds. The van der Waals surface area contributed by atoms with Crippen LogP contribution in [0.3, 0.4) is 0 Å². The molecule has 1 aromatic carbocycles. The van der Waals surface area contributed by atoms with Gasteiger partial charge < -0.3 is 4.90 Å². The van der Waals surface area contributed by atoms with Gasteiger partial charge >= 0.3 is 0 Å². The highest BCUT2D eigenvalue weighted by Crippen LogP contribution is 2.19. The molecule has 0 unspecified atom stereocenters. The van der Waals surface area contributed by atoms with Crippen LogP contribution in [0.5, 0.6) is 0 Å². The van der Waals surface area contributed by atoms with Gasteiger partial charge in [-0.05, 0) is 25.0 Å². The van der Waals surface area contributed by atoms with Gasteiger partial charge in [-0.3, -0.25) is 4.79 Å². The Morgan fingerprint density at radius 3 is 2.31 bits per heavy atom. The predicted octanol–water partition coefficient (Wildman–Crippen LogP) is 3.36. The molecule has 0 bridgehead atoms. The van der Waals surface area contributed by atoms with E-state index in [1.54, 1.807) is 12.1 Å². The second-order valence-corrected chi connectivity index (χ2v) is 4.59. The summed E-state index contributed by atoms with van der Waals surface area (Å²) in [5.74, 6) is 0.0764. The van der Waals surface area contributed by atoms with Gasteiger partial charge in [0.2, 0.25) is 0 Å². The third kappa shape index (κ3) is 2.56. The average molecular weight is 238 g/mol. The second kappa shape index (κ2) is 5.35. The van der Waals surface area contributed by atoms with Gasteiger partial charge in [0.15, 0.2) is 0 Å². The number of amides is 1. The Kier molecular flexibility index (Phi) is 3.83. The van der Waals surface area contributed by atoms with Crippen molar-refractivity contribution in [1.82, 2.24) is 4.90 Å². The van der Waals surface area contributed by atoms with Gasteiger partial charge in [-0.1, -0.05) is 36.6 Å². The van der Waals surface area contributed by atoms with Crippen molar-refractivity contribution in [2.24, 2.45) is 0 Å². The molecule has 86 valence electrons. The van der Waals surface area contributed by atoms with E-state index in [4.69, 9.17) is 11.6 Å². The van der Waals surface area contributed by atoms with Crippen LogP contribution in [0.2, 0.25) is 5.02 Å². The minimum atomic E-state index is 0.0764. The molecular weight excluding hydrogens is 222 g/mol. The summed E-state index contributed by atoms with van der Waals surface area (Å²) in [6.07, 6.45) is 4.67. The Morgan fingerprint density at radius 2 is 1.69 bits per heavy atom. The molecule has 0 aliphatic carbocycles. The Morgan fingerprint density at radius 1 is 1.06 bits per heavy atom. The largest absolute Gasteiger partial charge is 0.339 e. The summed E-state index contributed by atoms with van der Waals surface area (Å²) in [6, 6.07) is 7.28. The number of nitrogens with zero attached hydrogens (tertiary/aromatic N) is 1. The van der Waals surface area contributed by atoms with Crippen LogP contribution in [-0.4, -0.2) is 23.9 Å². The zero-order chi connectivity index (χ0) is 11.4. The molecule has 3 heteroatoms. The number of rotatable bonds is 1. The van der Waals surface area contributed by atoms with Gasteiger partial charge in [0.25, 0.3) is 5.91 Å². The maximum absolute atomic E-state index is 12.2. The van der Waals surface area contributed by atoms with E-state index in [2.05, 4.69) is 0 Å². The van der Waals surface area contributed by atoms with Crippen LogP contribution in [0.4, 0.5) is 0 Å². The number of benzene rings is 1. The average Bonchev–Trinajstić information content (AvgIpc) is 2.57. The van der Waals surface area contributed by atoms with Crippen molar-refractivity contribution in [3.63, 3.8) is 0 Å². The lowest BCUT2D eigenvalue weighted by Gasteiger charge is -2.20. The zero-order valence-electron chi connectivity index (χ0n) is 9.29. The molecule has 0 radical (unpaired) electrons. The first-order chi connectivity index (χ1) is 7.79. The summed E-state index contributed by atoms with van der Waals surface area (Å²) in [7, 11) is 0. The van der Waals surface area contributed by atoms with Crippen molar-refractivity contribution in [2.45, 2.75) is 25.7 Å². The number of hydrogen-bond donors (Lipinski definition) is 0. The molecule has 0 atom stereocenters. The van der Waals surface area contributed by atoms with Gasteiger partial charge in [0.1, 0.15) is 0 Å². The topological polar surface area (TPSA) is 20.3 Å². The molecule has 16 heavy (non-hydrogen) atoms. The lowest BCUT2D eigenvalue weighted by atomic mass is 10.2. The van der Waals surface area contributed by atoms with Gasteiger partial charge in [-0.15, -0.1) is 0 Å². The number of hydrogen-bond acceptors (Lipinski definition) is 1. The van der Waals surface area contributed by atoms with E-state index in [0.717, 1.165) is 25.9 Å². The van der Waals surface area contributed by atoms with E-state index in [0.29, 0.717) is 10.6 Å². The molecule has 1 aliphatic heterocycles. The Balaban J connectivity index is 2.14. The van der Waals surface area contributed by atoms with Crippen molar-refractivity contribution in [3.05, 3.63) is 34.9 Å². The maximum Gasteiger partial charge on any atom is 0.255 e. The highest BCUT2D eigenvalue weighted by molar-refractivity contribution is 6.33. The normalized spacial score (nSPS) is 16.9. The van der Waals surface area contributed by atoms with Gasteiger partial charge in [-0.25, -0.2) is 0 Å². The third-order valence-corrected chi connectivity index (χ3v) is 3.33. The molecule has 1 saturated heterocycles. The van der Waals surface area contributed by atoms with Crippen LogP contribution in [-0.2, 0) is 0 Å². The summed E-state index contributed by atoms with van der Waals surface area (Å²) in [5, 5.41) is 0.553. The van der Waals surface area contributed by atoms with Crippen molar-refractivity contribution in [3.8, 4) is 0 Å². The predicted molar refractivity (Wildman–Crippen MR) is 65.8 cm³/mol. The van der Waals surface area contributed by atoms with Gasteiger partial charge in [0, 0.05) is 13.1 Å². The minimum Gasteiger partial charge on any atom is -0.339 e. The summed E-state index contributed by atoms with van der Waals surface area (Å²) in [4.78, 5) is 14.1. The molecule has 0 saturated carbocycles. The second-order valence-electron chi connectivity index (χ2n) is 4.19. The number of halogens is 1. The maximum atomic E-state index is 12.2. The summed E-state index contributed by atoms with van der Waals surface area (Å²) in [5.41, 5.74) is 0.631. The summed E-state index contributed by atoms with van der Waals surface area (Å²) < 4.78 is 0. The summed E-state index contributed by atoms with van der Waals surface area (Å²) >= 11 is 6.03. The van der Waals surface area contributed by atoms with Crippen LogP contribution < -0.4 is 0 Å². The number of carbonyl (C=O) groups excluding carboxylic acids is 1. The first-order valence-corrected chi connectivity index (χ1v) is 6.20. The fourth-order valence-corrected chi connectivity index (χ4v) is 2.30. The van der Waals surface area contributed by atoms with E-state index < -0.39 is 0 Å². The van der Waals surface area contributed by atoms with E-state index in [9.17, 15) is 4.79 Å². The van der Waals surface area contributed by atoms with Crippen molar-refractivity contribution in [2.75, 3.05) is 13.1 Å². The minimum absolute atomic E-state index is 0.0764. The van der Waals surface area contributed by atoms with E-state index in [1.807, 2.05) is 17.0 Å². The molecule has 2 nitrogen and oxygen atoms in total. The molecule has 1 fully saturated rings. The van der Waals surface area contributed by atoms with Crippen molar-refractivity contribution >= 4 is 17.5 Å². The highest BCUT2D eigenvalue weighted by Gasteiger charge is 2.18. The monoisotopic (exact) mass is 237 g/mol. The number of likely N-dealkylation sites (tertiary alicyclic amines) is 1. The lowest BCUT2D eigenvalue weighted by molar-refractivity contribution is 0.0762. The Labute approximate surface area is 101 Å². The molecule has 1 aromatic rings. The van der Waals surface area contributed by atoms with Crippen molar-refractivity contribution < 1.29 is 4.79 Å². The number of carbonyl (C=O) groups is 1. The molecule has 2 rings (SSSR count). The molecule has 1 heterocycles. The van der Waals surface area contributed by atoms with E-state index in [-0.39, 0.29) is 5.91 Å². The van der Waals surface area contributed by atoms with Crippen LogP contribution in [0.25, 0.3) is 0 Å². The SMILES string of the molecule is O=C(c1ccccc1Cl)N1CCCCCC1. The van der Waals surface area contributed by atoms with Crippen molar-refractivity contribution in [1.29, 1.82) is 0 Å². The first-order valence-electron chi connectivity index (χ1n) is 5.83. The molecule has 0 aromatic heterocycles. The van der Waals surface area contributed by atoms with Crippen LogP contribution in [0.15, 0.2) is 24.3 Å². The van der Waals surface area contributed by atoms with Crippen LogP contribution in [0, 0.1) is 0 Å². The Bertz CT molecular complexity index is 370. The fourth-order valence-electron chi connectivity index (χ4n) is 2.08. The standard InChI is InChI=1S/C13H16ClNO/c14-12-8-4-3-7-11(12)13(16)15-9-5-1-2-6-10-15/h3-4,7-8H,1-2,5-6,9-10H2. The first kappa shape index (κ1) is 11.5. The molecule has 0 spiro atoms. The smallest absolute Gasteiger partial charge is 0.255 e. The highest BCUT2D eigenvalue weighted by atomic mass is 35.5. The quantitative estimate of drug-likeness (QED) is 0.734. The molecule has 0 N–H and O–H groups in total. The van der Waals surface area contributed by atoms with Gasteiger partial charge in [-0.2, -0.15) is 0 Å². The molecule has 1 aliphatic rings. The van der Waals surface area contributed by atoms with Crippen LogP contribution in [0.1, 0.15) is 36.0 Å².